The van der Waals surface area contributed by atoms with E-state index in [9.17, 15) is 0 Å². The van der Waals surface area contributed by atoms with Gasteiger partial charge in [0.2, 0.25) is 0 Å². The molecule has 0 saturated heterocycles. The van der Waals surface area contributed by atoms with E-state index in [-0.39, 0.29) is 6.10 Å². The van der Waals surface area contributed by atoms with Crippen LogP contribution in [0.15, 0.2) is 5.16 Å². The monoisotopic (exact) mass is 170 g/mol. The first-order valence-electron chi connectivity index (χ1n) is 4.74. The summed E-state index contributed by atoms with van der Waals surface area (Å²) in [6, 6.07) is 0. The molecule has 0 fully saturated rings. The Kier molecular flexibility index (Phi) is 3.53. The Morgan fingerprint density at radius 3 is 2.67 bits per heavy atom. The molecule has 0 bridgehead atoms. The van der Waals surface area contributed by atoms with Crippen LogP contribution in [0, 0.1) is 5.92 Å². The summed E-state index contributed by atoms with van der Waals surface area (Å²) in [4.78, 5) is 5.16. The van der Waals surface area contributed by atoms with Gasteiger partial charge in [0.05, 0.1) is 5.71 Å². The second-order valence-electron chi connectivity index (χ2n) is 3.26. The molecule has 70 valence electrons. The highest BCUT2D eigenvalue weighted by Gasteiger charge is 2.23. The lowest BCUT2D eigenvalue weighted by Crippen LogP contribution is -2.21. The Morgan fingerprint density at radius 1 is 1.58 bits per heavy atom. The lowest BCUT2D eigenvalue weighted by molar-refractivity contribution is 0.0918. The van der Waals surface area contributed by atoms with Crippen LogP contribution < -0.4 is 5.73 Å². The van der Waals surface area contributed by atoms with E-state index in [0.29, 0.717) is 12.5 Å². The van der Waals surface area contributed by atoms with Gasteiger partial charge in [-0.05, 0) is 12.8 Å². The Balaban J connectivity index is 2.43. The molecule has 0 aliphatic carbocycles. The van der Waals surface area contributed by atoms with Gasteiger partial charge in [0.25, 0.3) is 0 Å². The lowest BCUT2D eigenvalue weighted by atomic mass is 9.94. The zero-order chi connectivity index (χ0) is 8.97. The molecule has 1 aliphatic rings. The van der Waals surface area contributed by atoms with Crippen molar-refractivity contribution in [1.82, 2.24) is 0 Å². The molecule has 3 heteroatoms. The summed E-state index contributed by atoms with van der Waals surface area (Å²) >= 11 is 0. The highest BCUT2D eigenvalue weighted by Crippen LogP contribution is 2.20. The minimum atomic E-state index is 0.139. The van der Waals surface area contributed by atoms with E-state index >= 15 is 0 Å². The van der Waals surface area contributed by atoms with E-state index in [2.05, 4.69) is 19.0 Å². The highest BCUT2D eigenvalue weighted by atomic mass is 16.6. The maximum atomic E-state index is 5.48. The third-order valence-electron chi connectivity index (χ3n) is 2.48. The number of nitrogens with zero attached hydrogens (tertiary/aromatic N) is 1. The van der Waals surface area contributed by atoms with E-state index in [1.165, 1.54) is 5.71 Å². The van der Waals surface area contributed by atoms with Gasteiger partial charge in [0, 0.05) is 18.9 Å². The van der Waals surface area contributed by atoms with Crippen LogP contribution in [0.2, 0.25) is 0 Å². The van der Waals surface area contributed by atoms with E-state index in [1.54, 1.807) is 0 Å². The van der Waals surface area contributed by atoms with Gasteiger partial charge in [-0.25, -0.2) is 0 Å². The van der Waals surface area contributed by atoms with Crippen molar-refractivity contribution in [1.29, 1.82) is 0 Å². The summed E-state index contributed by atoms with van der Waals surface area (Å²) in [6.07, 6.45) is 3.37. The largest absolute Gasteiger partial charge is 0.391 e. The summed E-state index contributed by atoms with van der Waals surface area (Å²) in [5.74, 6) is 0.599. The fourth-order valence-corrected chi connectivity index (χ4v) is 1.58. The average Bonchev–Trinajstić information content (AvgIpc) is 2.55. The molecule has 0 aromatic heterocycles. The van der Waals surface area contributed by atoms with E-state index < -0.39 is 0 Å². The van der Waals surface area contributed by atoms with Crippen molar-refractivity contribution >= 4 is 5.71 Å². The fraction of sp³-hybridized carbons (Fsp3) is 0.889. The Labute approximate surface area is 74.0 Å². The van der Waals surface area contributed by atoms with Crippen LogP contribution in [0.25, 0.3) is 0 Å². The molecule has 0 aromatic carbocycles. The minimum Gasteiger partial charge on any atom is -0.391 e. The highest BCUT2D eigenvalue weighted by molar-refractivity contribution is 5.87. The first-order valence-corrected chi connectivity index (χ1v) is 4.74. The summed E-state index contributed by atoms with van der Waals surface area (Å²) in [5, 5.41) is 4.07. The van der Waals surface area contributed by atoms with Crippen LogP contribution in [-0.4, -0.2) is 18.4 Å². The van der Waals surface area contributed by atoms with Gasteiger partial charge in [-0.1, -0.05) is 19.0 Å². The van der Waals surface area contributed by atoms with Crippen LogP contribution in [0.5, 0.6) is 0 Å². The fourth-order valence-electron chi connectivity index (χ4n) is 1.58. The molecule has 1 atom stereocenters. The number of hydrogen-bond donors (Lipinski definition) is 1. The Hall–Kier alpha value is -0.570. The zero-order valence-corrected chi connectivity index (χ0v) is 7.92. The van der Waals surface area contributed by atoms with Crippen LogP contribution in [-0.2, 0) is 4.84 Å². The lowest BCUT2D eigenvalue weighted by Gasteiger charge is -2.10. The van der Waals surface area contributed by atoms with Gasteiger partial charge < -0.3 is 10.6 Å². The maximum absolute atomic E-state index is 5.48. The molecule has 2 N–H and O–H groups in total. The van der Waals surface area contributed by atoms with E-state index in [1.807, 2.05) is 0 Å². The first kappa shape index (κ1) is 9.52. The predicted octanol–water partition coefficient (Wildman–Crippen LogP) is 1.53. The van der Waals surface area contributed by atoms with Crippen LogP contribution in [0.4, 0.5) is 0 Å². The van der Waals surface area contributed by atoms with Crippen molar-refractivity contribution in [2.75, 3.05) is 6.54 Å². The quantitative estimate of drug-likeness (QED) is 0.695. The second kappa shape index (κ2) is 4.45. The number of nitrogens with two attached hydrogens (primary N) is 1. The van der Waals surface area contributed by atoms with Crippen LogP contribution >= 0.6 is 0 Å². The smallest absolute Gasteiger partial charge is 0.145 e. The SMILES string of the molecule is CCC(CC)C1=NOC(CN)C1. The van der Waals surface area contributed by atoms with E-state index in [0.717, 1.165) is 19.3 Å². The third-order valence-corrected chi connectivity index (χ3v) is 2.48. The molecular weight excluding hydrogens is 152 g/mol. The van der Waals surface area contributed by atoms with Crippen molar-refractivity contribution in [3.8, 4) is 0 Å². The van der Waals surface area contributed by atoms with Crippen molar-refractivity contribution in [3.63, 3.8) is 0 Å². The summed E-state index contributed by atoms with van der Waals surface area (Å²) in [7, 11) is 0. The molecule has 0 aromatic rings. The topological polar surface area (TPSA) is 47.6 Å². The summed E-state index contributed by atoms with van der Waals surface area (Å²) in [5.41, 5.74) is 6.68. The molecule has 0 spiro atoms. The second-order valence-corrected chi connectivity index (χ2v) is 3.26. The molecule has 1 heterocycles. The van der Waals surface area contributed by atoms with Gasteiger partial charge in [-0.2, -0.15) is 0 Å². The molecule has 0 saturated carbocycles. The molecule has 1 unspecified atom stereocenters. The molecule has 3 nitrogen and oxygen atoms in total. The van der Waals surface area contributed by atoms with Crippen molar-refractivity contribution in [2.45, 2.75) is 39.2 Å². The van der Waals surface area contributed by atoms with Gasteiger partial charge in [0.1, 0.15) is 6.10 Å². The number of rotatable bonds is 4. The summed E-state index contributed by atoms with van der Waals surface area (Å²) in [6.45, 7) is 4.95. The number of hydrogen-bond acceptors (Lipinski definition) is 3. The molecular formula is C9H18N2O. The van der Waals surface area contributed by atoms with Crippen molar-refractivity contribution in [3.05, 3.63) is 0 Å². The van der Waals surface area contributed by atoms with Gasteiger partial charge in [0.15, 0.2) is 0 Å². The van der Waals surface area contributed by atoms with Crippen molar-refractivity contribution in [2.24, 2.45) is 16.8 Å². The normalized spacial score (nSPS) is 22.7. The molecule has 1 rings (SSSR count). The Morgan fingerprint density at radius 2 is 2.25 bits per heavy atom. The number of oxime groups is 1. The Bertz CT molecular complexity index is 164. The standard InChI is InChI=1S/C9H18N2O/c1-3-7(4-2)9-5-8(6-10)12-11-9/h7-8H,3-6,10H2,1-2H3. The first-order chi connectivity index (χ1) is 5.81. The van der Waals surface area contributed by atoms with Gasteiger partial charge in [-0.15, -0.1) is 0 Å². The third kappa shape index (κ3) is 1.97. The molecule has 0 amide bonds. The molecule has 1 aliphatic heterocycles. The predicted molar refractivity (Wildman–Crippen MR) is 50.1 cm³/mol. The average molecular weight is 170 g/mol. The summed E-state index contributed by atoms with van der Waals surface area (Å²) < 4.78 is 0. The molecule has 12 heavy (non-hydrogen) atoms. The van der Waals surface area contributed by atoms with Gasteiger partial charge in [-0.3, -0.25) is 0 Å². The minimum absolute atomic E-state index is 0.139. The van der Waals surface area contributed by atoms with Crippen LogP contribution in [0.1, 0.15) is 33.1 Å². The molecule has 0 radical (unpaired) electrons. The van der Waals surface area contributed by atoms with E-state index in [4.69, 9.17) is 10.6 Å². The van der Waals surface area contributed by atoms with Crippen LogP contribution in [0.3, 0.4) is 0 Å². The van der Waals surface area contributed by atoms with Crippen molar-refractivity contribution < 1.29 is 4.84 Å². The zero-order valence-electron chi connectivity index (χ0n) is 7.92. The van der Waals surface area contributed by atoms with Gasteiger partial charge >= 0.3 is 0 Å². The maximum Gasteiger partial charge on any atom is 0.145 e.